The van der Waals surface area contributed by atoms with Gasteiger partial charge in [-0.05, 0) is 79.3 Å². The molecule has 0 saturated carbocycles. The fourth-order valence-corrected chi connectivity index (χ4v) is 4.47. The Balaban J connectivity index is 1.62. The molecular formula is C24H21FN4OS. The number of aryl methyl sites for hydroxylation is 1. The number of benzene rings is 1. The highest BCUT2D eigenvalue weighted by Gasteiger charge is 2.42. The number of anilines is 1. The van der Waals surface area contributed by atoms with E-state index in [1.54, 1.807) is 25.5 Å². The minimum absolute atomic E-state index is 0.163. The van der Waals surface area contributed by atoms with Crippen molar-refractivity contribution in [2.45, 2.75) is 25.6 Å². The first-order valence-electron chi connectivity index (χ1n) is 10.1. The van der Waals surface area contributed by atoms with Gasteiger partial charge in [0.1, 0.15) is 17.6 Å². The van der Waals surface area contributed by atoms with E-state index in [2.05, 4.69) is 25.8 Å². The van der Waals surface area contributed by atoms with Crippen molar-refractivity contribution in [3.8, 4) is 0 Å². The molecule has 1 saturated heterocycles. The second-order valence-corrected chi connectivity index (χ2v) is 7.96. The number of nitrogens with one attached hydrogen (secondary N) is 1. The summed E-state index contributed by atoms with van der Waals surface area (Å²) in [5.74, 6) is 0.630. The minimum Gasteiger partial charge on any atom is -0.467 e. The molecule has 1 aromatic carbocycles. The summed E-state index contributed by atoms with van der Waals surface area (Å²) in [4.78, 5) is 6.63. The van der Waals surface area contributed by atoms with E-state index in [0.29, 0.717) is 17.2 Å². The fourth-order valence-electron chi connectivity index (χ4n) is 4.12. The van der Waals surface area contributed by atoms with Crippen LogP contribution >= 0.6 is 12.2 Å². The Morgan fingerprint density at radius 2 is 2.03 bits per heavy atom. The van der Waals surface area contributed by atoms with E-state index < -0.39 is 0 Å². The van der Waals surface area contributed by atoms with Crippen molar-refractivity contribution in [2.24, 2.45) is 0 Å². The third-order valence-electron chi connectivity index (χ3n) is 5.59. The molecule has 7 heteroatoms. The maximum atomic E-state index is 14.0. The number of hydrogen-bond donors (Lipinski definition) is 1. The summed E-state index contributed by atoms with van der Waals surface area (Å²) in [7, 11) is 0. The largest absolute Gasteiger partial charge is 0.467 e. The van der Waals surface area contributed by atoms with Crippen LogP contribution in [0.25, 0.3) is 0 Å². The van der Waals surface area contributed by atoms with Crippen LogP contribution in [0.5, 0.6) is 0 Å². The average Bonchev–Trinajstić information content (AvgIpc) is 3.52. The lowest BCUT2D eigenvalue weighted by Gasteiger charge is -2.29. The molecule has 3 aromatic heterocycles. The van der Waals surface area contributed by atoms with E-state index in [0.717, 1.165) is 22.8 Å². The highest BCUT2D eigenvalue weighted by molar-refractivity contribution is 7.80. The number of halogens is 1. The van der Waals surface area contributed by atoms with Crippen LogP contribution in [0.4, 0.5) is 10.1 Å². The molecule has 1 aliphatic rings. The molecule has 31 heavy (non-hydrogen) atoms. The summed E-state index contributed by atoms with van der Waals surface area (Å²) < 4.78 is 21.7. The topological polar surface area (TPSA) is 46.2 Å². The minimum atomic E-state index is -0.235. The van der Waals surface area contributed by atoms with Crippen LogP contribution in [-0.2, 0) is 6.54 Å². The van der Waals surface area contributed by atoms with Crippen molar-refractivity contribution < 1.29 is 8.81 Å². The molecular weight excluding hydrogens is 411 g/mol. The summed E-state index contributed by atoms with van der Waals surface area (Å²) in [5.41, 5.74) is 3.36. The number of aromatic nitrogens is 2. The predicted molar refractivity (Wildman–Crippen MR) is 121 cm³/mol. The second-order valence-electron chi connectivity index (χ2n) is 7.57. The van der Waals surface area contributed by atoms with Crippen LogP contribution in [0, 0.1) is 12.7 Å². The van der Waals surface area contributed by atoms with Crippen molar-refractivity contribution in [3.63, 3.8) is 0 Å². The van der Waals surface area contributed by atoms with Gasteiger partial charge in [0.05, 0.1) is 24.5 Å². The van der Waals surface area contributed by atoms with Crippen LogP contribution in [-0.4, -0.2) is 14.7 Å². The lowest BCUT2D eigenvalue weighted by Crippen LogP contribution is -2.30. The monoisotopic (exact) mass is 432 g/mol. The van der Waals surface area contributed by atoms with Gasteiger partial charge in [0.2, 0.25) is 0 Å². The van der Waals surface area contributed by atoms with Crippen LogP contribution in [0.15, 0.2) is 83.7 Å². The molecule has 2 atom stereocenters. The molecule has 0 unspecified atom stereocenters. The molecule has 0 amide bonds. The van der Waals surface area contributed by atoms with Gasteiger partial charge >= 0.3 is 0 Å². The summed E-state index contributed by atoms with van der Waals surface area (Å²) in [6, 6.07) is 18.6. The fraction of sp³-hybridized carbons (Fsp3) is 0.167. The molecule has 0 radical (unpaired) electrons. The first-order chi connectivity index (χ1) is 15.1. The summed E-state index contributed by atoms with van der Waals surface area (Å²) in [6.45, 7) is 2.36. The summed E-state index contributed by atoms with van der Waals surface area (Å²) >= 11 is 5.75. The number of thiocarbonyl (C=S) groups is 1. The molecule has 0 aliphatic carbocycles. The zero-order chi connectivity index (χ0) is 21.4. The molecule has 0 bridgehead atoms. The molecule has 0 spiro atoms. The van der Waals surface area contributed by atoms with Crippen LogP contribution in [0.3, 0.4) is 0 Å². The lowest BCUT2D eigenvalue weighted by atomic mass is 10.0. The third-order valence-corrected chi connectivity index (χ3v) is 5.91. The normalized spacial score (nSPS) is 18.4. The Kier molecular flexibility index (Phi) is 5.03. The van der Waals surface area contributed by atoms with Crippen molar-refractivity contribution in [1.29, 1.82) is 0 Å². The van der Waals surface area contributed by atoms with E-state index in [9.17, 15) is 4.39 Å². The van der Waals surface area contributed by atoms with E-state index in [-0.39, 0.29) is 17.9 Å². The number of nitrogens with zero attached hydrogens (tertiary/aromatic N) is 3. The second kappa shape index (κ2) is 8.00. The SMILES string of the molecule is Cc1cc(N2C(=S)N[C@@H](c3ccccn3)[C@H]2c2cccn2Cc2ccco2)ccc1F. The van der Waals surface area contributed by atoms with Gasteiger partial charge in [0.15, 0.2) is 5.11 Å². The van der Waals surface area contributed by atoms with Gasteiger partial charge < -0.3 is 19.2 Å². The van der Waals surface area contributed by atoms with E-state index in [4.69, 9.17) is 16.6 Å². The zero-order valence-corrected chi connectivity index (χ0v) is 17.7. The highest BCUT2D eigenvalue weighted by atomic mass is 32.1. The van der Waals surface area contributed by atoms with Crippen LogP contribution in [0.1, 0.15) is 34.8 Å². The molecule has 5 nitrogen and oxygen atoms in total. The van der Waals surface area contributed by atoms with E-state index in [1.807, 2.05) is 48.7 Å². The molecule has 1 aliphatic heterocycles. The Hall–Kier alpha value is -3.45. The van der Waals surface area contributed by atoms with Crippen molar-refractivity contribution in [1.82, 2.24) is 14.9 Å². The van der Waals surface area contributed by atoms with Crippen LogP contribution in [0.2, 0.25) is 0 Å². The number of furan rings is 1. The Labute approximate surface area is 185 Å². The molecule has 5 rings (SSSR count). The van der Waals surface area contributed by atoms with Crippen molar-refractivity contribution >= 4 is 23.0 Å². The van der Waals surface area contributed by atoms with Crippen LogP contribution < -0.4 is 10.2 Å². The number of pyridine rings is 1. The maximum Gasteiger partial charge on any atom is 0.174 e. The van der Waals surface area contributed by atoms with Gasteiger partial charge in [-0.1, -0.05) is 6.07 Å². The maximum absolute atomic E-state index is 14.0. The molecule has 156 valence electrons. The van der Waals surface area contributed by atoms with Gasteiger partial charge in [-0.15, -0.1) is 0 Å². The average molecular weight is 433 g/mol. The highest BCUT2D eigenvalue weighted by Crippen LogP contribution is 2.42. The third kappa shape index (κ3) is 3.61. The molecule has 4 heterocycles. The van der Waals surface area contributed by atoms with Gasteiger partial charge in [0, 0.05) is 23.8 Å². The number of hydrogen-bond acceptors (Lipinski definition) is 3. The summed E-state index contributed by atoms with van der Waals surface area (Å²) in [6.07, 6.45) is 5.49. The van der Waals surface area contributed by atoms with E-state index >= 15 is 0 Å². The van der Waals surface area contributed by atoms with E-state index in [1.165, 1.54) is 6.07 Å². The first-order valence-corrected chi connectivity index (χ1v) is 10.5. The van der Waals surface area contributed by atoms with Gasteiger partial charge in [-0.3, -0.25) is 4.98 Å². The Bertz CT molecular complexity index is 1210. The standard InChI is InChI=1S/C24H21FN4OS/c1-16-14-17(9-10-19(16)25)29-23(22(27-24(29)31)20-7-2-3-11-26-20)21-8-4-12-28(21)15-18-6-5-13-30-18/h2-14,22-23H,15H2,1H3,(H,27,31)/t22-,23+/m0/s1. The number of rotatable bonds is 5. The van der Waals surface area contributed by atoms with Gasteiger partial charge in [-0.25, -0.2) is 4.39 Å². The quantitative estimate of drug-likeness (QED) is 0.442. The smallest absolute Gasteiger partial charge is 0.174 e. The first kappa shape index (κ1) is 19.5. The van der Waals surface area contributed by atoms with Gasteiger partial charge in [-0.2, -0.15) is 0 Å². The lowest BCUT2D eigenvalue weighted by molar-refractivity contribution is 0.475. The molecule has 1 N–H and O–H groups in total. The summed E-state index contributed by atoms with van der Waals surface area (Å²) in [5, 5.41) is 4.02. The molecule has 1 fully saturated rings. The molecule has 4 aromatic rings. The Morgan fingerprint density at radius 1 is 1.13 bits per heavy atom. The van der Waals surface area contributed by atoms with Gasteiger partial charge in [0.25, 0.3) is 0 Å². The van der Waals surface area contributed by atoms with Crippen molar-refractivity contribution in [2.75, 3.05) is 4.90 Å². The predicted octanol–water partition coefficient (Wildman–Crippen LogP) is 5.15. The van der Waals surface area contributed by atoms with Crippen molar-refractivity contribution in [3.05, 3.63) is 108 Å². The zero-order valence-electron chi connectivity index (χ0n) is 16.9. The Morgan fingerprint density at radius 3 is 2.77 bits per heavy atom.